The van der Waals surface area contributed by atoms with Crippen LogP contribution >= 0.6 is 23.4 Å². The lowest BCUT2D eigenvalue weighted by Gasteiger charge is -2.03. The van der Waals surface area contributed by atoms with Crippen molar-refractivity contribution in [2.24, 2.45) is 0 Å². The van der Waals surface area contributed by atoms with Crippen molar-refractivity contribution in [2.45, 2.75) is 5.16 Å². The number of hydrogen-bond donors (Lipinski definition) is 0. The number of halogens is 1. The van der Waals surface area contributed by atoms with Crippen molar-refractivity contribution in [3.63, 3.8) is 0 Å². The molecular weight excluding hydrogens is 254 g/mol. The quantitative estimate of drug-likeness (QED) is 0.381. The summed E-state index contributed by atoms with van der Waals surface area (Å²) in [7, 11) is 0. The Bertz CT molecular complexity index is 715. The van der Waals surface area contributed by atoms with Crippen LogP contribution in [0.1, 0.15) is 0 Å². The Balaban J connectivity index is 2.39. The average molecular weight is 262 g/mol. The standard InChI is InChI=1S/C12H8ClN3S/c1-17-12-14-6-7-5-8-9(13)3-2-4-10(8)15-11(7)16-12/h2-6H,1H3. The number of thioether (sulfide) groups is 1. The SMILES string of the molecule is CSc1ncc2cc3c(Cl)cccc3nc2n1. The second-order valence-corrected chi connectivity index (χ2v) is 4.75. The van der Waals surface area contributed by atoms with Gasteiger partial charge in [-0.25, -0.2) is 15.0 Å². The Hall–Kier alpha value is -1.39. The molecule has 0 N–H and O–H groups in total. The highest BCUT2D eigenvalue weighted by atomic mass is 35.5. The Morgan fingerprint density at radius 3 is 2.94 bits per heavy atom. The minimum absolute atomic E-state index is 0.700. The second kappa shape index (κ2) is 4.13. The van der Waals surface area contributed by atoms with Crippen LogP contribution in [0.3, 0.4) is 0 Å². The number of hydrogen-bond acceptors (Lipinski definition) is 4. The maximum atomic E-state index is 6.13. The van der Waals surface area contributed by atoms with Crippen molar-refractivity contribution in [1.29, 1.82) is 0 Å². The zero-order valence-corrected chi connectivity index (χ0v) is 10.6. The molecule has 0 aliphatic carbocycles. The first kappa shape index (κ1) is 10.7. The summed E-state index contributed by atoms with van der Waals surface area (Å²) in [5, 5.41) is 3.27. The molecule has 0 aliphatic rings. The van der Waals surface area contributed by atoms with Gasteiger partial charge in [0.25, 0.3) is 0 Å². The topological polar surface area (TPSA) is 38.7 Å². The van der Waals surface area contributed by atoms with E-state index in [1.165, 1.54) is 11.8 Å². The summed E-state index contributed by atoms with van der Waals surface area (Å²) in [6, 6.07) is 7.65. The third kappa shape index (κ3) is 1.83. The molecule has 0 saturated heterocycles. The lowest BCUT2D eigenvalue weighted by molar-refractivity contribution is 0.996. The molecule has 0 fully saturated rings. The Kier molecular flexibility index (Phi) is 2.61. The lowest BCUT2D eigenvalue weighted by atomic mass is 10.2. The third-order valence-electron chi connectivity index (χ3n) is 2.51. The molecule has 2 heterocycles. The number of aromatic nitrogens is 3. The van der Waals surface area contributed by atoms with Crippen molar-refractivity contribution in [2.75, 3.05) is 6.26 Å². The van der Waals surface area contributed by atoms with Crippen LogP contribution in [0.25, 0.3) is 21.9 Å². The first-order valence-corrected chi connectivity index (χ1v) is 6.64. The van der Waals surface area contributed by atoms with E-state index < -0.39 is 0 Å². The number of pyridine rings is 1. The molecule has 0 bridgehead atoms. The second-order valence-electron chi connectivity index (χ2n) is 3.56. The summed E-state index contributed by atoms with van der Waals surface area (Å²) >= 11 is 7.63. The van der Waals surface area contributed by atoms with Gasteiger partial charge in [0.05, 0.1) is 5.52 Å². The van der Waals surface area contributed by atoms with E-state index in [1.54, 1.807) is 6.20 Å². The first-order valence-electron chi connectivity index (χ1n) is 5.04. The van der Waals surface area contributed by atoms with Crippen molar-refractivity contribution in [1.82, 2.24) is 15.0 Å². The normalized spacial score (nSPS) is 11.2. The molecule has 84 valence electrons. The van der Waals surface area contributed by atoms with Gasteiger partial charge in [0, 0.05) is 22.0 Å². The molecule has 3 nitrogen and oxygen atoms in total. The van der Waals surface area contributed by atoms with Crippen LogP contribution in [0.5, 0.6) is 0 Å². The van der Waals surface area contributed by atoms with Gasteiger partial charge in [-0.1, -0.05) is 29.4 Å². The number of nitrogens with zero attached hydrogens (tertiary/aromatic N) is 3. The van der Waals surface area contributed by atoms with E-state index in [0.717, 1.165) is 21.4 Å². The van der Waals surface area contributed by atoms with Crippen molar-refractivity contribution < 1.29 is 0 Å². The molecule has 0 radical (unpaired) electrons. The minimum Gasteiger partial charge on any atom is -0.230 e. The van der Waals surface area contributed by atoms with E-state index in [0.29, 0.717) is 10.7 Å². The molecule has 0 amide bonds. The van der Waals surface area contributed by atoms with E-state index >= 15 is 0 Å². The Labute approximate surface area is 107 Å². The zero-order chi connectivity index (χ0) is 11.8. The van der Waals surface area contributed by atoms with Crippen LogP contribution in [-0.4, -0.2) is 21.2 Å². The van der Waals surface area contributed by atoms with Crippen molar-refractivity contribution in [3.8, 4) is 0 Å². The van der Waals surface area contributed by atoms with E-state index in [4.69, 9.17) is 11.6 Å². The maximum Gasteiger partial charge on any atom is 0.189 e. The fourth-order valence-electron chi connectivity index (χ4n) is 1.69. The maximum absolute atomic E-state index is 6.13. The number of rotatable bonds is 1. The van der Waals surface area contributed by atoms with Gasteiger partial charge in [-0.05, 0) is 24.5 Å². The van der Waals surface area contributed by atoms with Crippen LogP contribution in [0.2, 0.25) is 5.02 Å². The molecule has 0 aliphatic heterocycles. The highest BCUT2D eigenvalue weighted by molar-refractivity contribution is 7.98. The van der Waals surface area contributed by atoms with Crippen molar-refractivity contribution >= 4 is 45.3 Å². The van der Waals surface area contributed by atoms with Gasteiger partial charge < -0.3 is 0 Å². The van der Waals surface area contributed by atoms with Crippen LogP contribution in [0.15, 0.2) is 35.6 Å². The zero-order valence-electron chi connectivity index (χ0n) is 9.01. The van der Waals surface area contributed by atoms with Gasteiger partial charge in [-0.3, -0.25) is 0 Å². The molecule has 0 spiro atoms. The monoisotopic (exact) mass is 261 g/mol. The van der Waals surface area contributed by atoms with Gasteiger partial charge in [-0.2, -0.15) is 0 Å². The summed E-state index contributed by atoms with van der Waals surface area (Å²) < 4.78 is 0. The van der Waals surface area contributed by atoms with E-state index in [9.17, 15) is 0 Å². The molecule has 17 heavy (non-hydrogen) atoms. The summed E-state index contributed by atoms with van der Waals surface area (Å²) in [6.45, 7) is 0. The Morgan fingerprint density at radius 1 is 1.24 bits per heavy atom. The van der Waals surface area contributed by atoms with Gasteiger partial charge >= 0.3 is 0 Å². The lowest BCUT2D eigenvalue weighted by Crippen LogP contribution is -1.90. The average Bonchev–Trinajstić information content (AvgIpc) is 2.36. The largest absolute Gasteiger partial charge is 0.230 e. The number of fused-ring (bicyclic) bond motifs is 2. The van der Waals surface area contributed by atoms with Crippen LogP contribution in [0, 0.1) is 0 Å². The highest BCUT2D eigenvalue weighted by Gasteiger charge is 2.05. The van der Waals surface area contributed by atoms with Gasteiger partial charge in [0.1, 0.15) is 0 Å². The highest BCUT2D eigenvalue weighted by Crippen LogP contribution is 2.25. The van der Waals surface area contributed by atoms with Gasteiger partial charge in [0.2, 0.25) is 0 Å². The first-order chi connectivity index (χ1) is 8.28. The summed E-state index contributed by atoms with van der Waals surface area (Å²) in [6.07, 6.45) is 3.73. The van der Waals surface area contributed by atoms with Gasteiger partial charge in [0.15, 0.2) is 10.8 Å². The summed E-state index contributed by atoms with van der Waals surface area (Å²) in [5.41, 5.74) is 1.56. The minimum atomic E-state index is 0.700. The van der Waals surface area contributed by atoms with Crippen molar-refractivity contribution in [3.05, 3.63) is 35.5 Å². The molecule has 2 aromatic heterocycles. The fraction of sp³-hybridized carbons (Fsp3) is 0.0833. The summed E-state index contributed by atoms with van der Waals surface area (Å²) in [4.78, 5) is 13.1. The molecule has 5 heteroatoms. The molecule has 3 aromatic rings. The van der Waals surface area contributed by atoms with E-state index in [1.807, 2.05) is 30.5 Å². The Morgan fingerprint density at radius 2 is 2.12 bits per heavy atom. The molecule has 0 saturated carbocycles. The fourth-order valence-corrected chi connectivity index (χ4v) is 2.25. The van der Waals surface area contributed by atoms with Crippen LogP contribution < -0.4 is 0 Å². The van der Waals surface area contributed by atoms with E-state index in [2.05, 4.69) is 15.0 Å². The van der Waals surface area contributed by atoms with E-state index in [-0.39, 0.29) is 0 Å². The molecule has 0 atom stereocenters. The molecular formula is C12H8ClN3S. The molecule has 1 aromatic carbocycles. The predicted octanol–water partition coefficient (Wildman–Crippen LogP) is 3.55. The summed E-state index contributed by atoms with van der Waals surface area (Å²) in [5.74, 6) is 0. The molecule has 0 unspecified atom stereocenters. The third-order valence-corrected chi connectivity index (χ3v) is 3.40. The van der Waals surface area contributed by atoms with Crippen LogP contribution in [-0.2, 0) is 0 Å². The van der Waals surface area contributed by atoms with Crippen LogP contribution in [0.4, 0.5) is 0 Å². The predicted molar refractivity (Wildman–Crippen MR) is 71.6 cm³/mol. The smallest absolute Gasteiger partial charge is 0.189 e. The van der Waals surface area contributed by atoms with Gasteiger partial charge in [-0.15, -0.1) is 0 Å². The number of benzene rings is 1. The molecule has 3 rings (SSSR count).